The highest BCUT2D eigenvalue weighted by molar-refractivity contribution is 9.10. The van der Waals surface area contributed by atoms with Gasteiger partial charge in [-0.2, -0.15) is 0 Å². The third-order valence-electron chi connectivity index (χ3n) is 2.95. The molecule has 5 nitrogen and oxygen atoms in total. The highest BCUT2D eigenvalue weighted by atomic mass is 79.9. The van der Waals surface area contributed by atoms with Gasteiger partial charge in [0, 0.05) is 29.3 Å². The van der Waals surface area contributed by atoms with Gasteiger partial charge >= 0.3 is 0 Å². The molecule has 0 saturated carbocycles. The van der Waals surface area contributed by atoms with Gasteiger partial charge in [-0.1, -0.05) is 22.9 Å². The Labute approximate surface area is 132 Å². The van der Waals surface area contributed by atoms with Crippen molar-refractivity contribution in [2.24, 2.45) is 0 Å². The first-order valence-electron chi connectivity index (χ1n) is 6.94. The topological polar surface area (TPSA) is 59.0 Å². The number of carbonyl (C=O) groups excluding carboxylic acids is 1. The molecule has 0 aliphatic carbocycles. The Hall–Kier alpha value is -1.66. The molecule has 0 aliphatic heterocycles. The summed E-state index contributed by atoms with van der Waals surface area (Å²) in [5.41, 5.74) is 1.78. The van der Waals surface area contributed by atoms with Crippen LogP contribution in [0.4, 0.5) is 5.69 Å². The van der Waals surface area contributed by atoms with E-state index in [9.17, 15) is 4.79 Å². The molecule has 2 N–H and O–H groups in total. The van der Waals surface area contributed by atoms with E-state index in [0.717, 1.165) is 35.4 Å². The molecule has 2 rings (SSSR count). The highest BCUT2D eigenvalue weighted by Crippen LogP contribution is 2.14. The van der Waals surface area contributed by atoms with E-state index in [1.165, 1.54) is 0 Å². The first kappa shape index (κ1) is 15.7. The second kappa shape index (κ2) is 7.95. The average molecular weight is 351 g/mol. The molecule has 0 fully saturated rings. The first-order chi connectivity index (χ1) is 10.2. The van der Waals surface area contributed by atoms with Crippen LogP contribution in [0.5, 0.6) is 0 Å². The Morgan fingerprint density at radius 1 is 1.33 bits per heavy atom. The van der Waals surface area contributed by atoms with Gasteiger partial charge in [-0.25, -0.2) is 4.98 Å². The van der Waals surface area contributed by atoms with E-state index >= 15 is 0 Å². The van der Waals surface area contributed by atoms with Crippen molar-refractivity contribution in [1.29, 1.82) is 0 Å². The van der Waals surface area contributed by atoms with Crippen molar-refractivity contribution < 1.29 is 4.79 Å². The van der Waals surface area contributed by atoms with Crippen molar-refractivity contribution in [1.82, 2.24) is 14.9 Å². The van der Waals surface area contributed by atoms with E-state index in [1.807, 2.05) is 30.5 Å². The van der Waals surface area contributed by atoms with E-state index in [4.69, 9.17) is 0 Å². The molecule has 0 atom stereocenters. The normalized spacial score (nSPS) is 10.6. The molecular weight excluding hydrogens is 332 g/mol. The molecule has 0 radical (unpaired) electrons. The van der Waals surface area contributed by atoms with E-state index in [0.29, 0.717) is 0 Å². The van der Waals surface area contributed by atoms with Gasteiger partial charge in [-0.15, -0.1) is 0 Å². The average Bonchev–Trinajstić information content (AvgIpc) is 2.89. The molecular formula is C15H19BrN4O. The molecule has 0 aliphatic rings. The Bertz CT molecular complexity index is 580. The third kappa shape index (κ3) is 5.32. The lowest BCUT2D eigenvalue weighted by molar-refractivity contribution is -0.116. The molecule has 0 saturated heterocycles. The Balaban J connectivity index is 1.83. The maximum absolute atomic E-state index is 12.0. The Morgan fingerprint density at radius 3 is 2.81 bits per heavy atom. The number of likely N-dealkylation sites (N-methyl/N-ethyl adjacent to an activating group) is 1. The van der Waals surface area contributed by atoms with Crippen molar-refractivity contribution in [3.63, 3.8) is 0 Å². The summed E-state index contributed by atoms with van der Waals surface area (Å²) in [5.74, 6) is -0.0621. The molecule has 112 valence electrons. The number of carbonyl (C=O) groups is 1. The van der Waals surface area contributed by atoms with Gasteiger partial charge in [-0.3, -0.25) is 4.79 Å². The van der Waals surface area contributed by atoms with Crippen LogP contribution in [0, 0.1) is 0 Å². The zero-order chi connectivity index (χ0) is 15.1. The zero-order valence-corrected chi connectivity index (χ0v) is 13.6. The van der Waals surface area contributed by atoms with Crippen molar-refractivity contribution in [3.8, 4) is 0 Å². The fourth-order valence-electron chi connectivity index (χ4n) is 1.91. The van der Waals surface area contributed by atoms with Crippen LogP contribution in [0.3, 0.4) is 0 Å². The van der Waals surface area contributed by atoms with Crippen LogP contribution in [0.15, 0.2) is 41.3 Å². The van der Waals surface area contributed by atoms with Crippen LogP contribution in [0.25, 0.3) is 0 Å². The number of nitrogens with one attached hydrogen (secondary N) is 2. The van der Waals surface area contributed by atoms with Crippen LogP contribution in [0.1, 0.15) is 12.6 Å². The number of hydrogen-bond acceptors (Lipinski definition) is 3. The van der Waals surface area contributed by atoms with Crippen molar-refractivity contribution in [2.45, 2.75) is 19.9 Å². The van der Waals surface area contributed by atoms with Crippen LogP contribution in [-0.4, -0.2) is 28.5 Å². The zero-order valence-electron chi connectivity index (χ0n) is 12.0. The second-order valence-corrected chi connectivity index (χ2v) is 5.61. The molecule has 6 heteroatoms. The number of nitrogens with zero attached hydrogens (tertiary/aromatic N) is 2. The largest absolute Gasteiger partial charge is 0.328 e. The van der Waals surface area contributed by atoms with Gasteiger partial charge in [-0.05, 0) is 30.8 Å². The SMILES string of the molecule is CCNCCc1cn(CC(=O)Nc2ccc(Br)cc2)cn1. The van der Waals surface area contributed by atoms with Crippen molar-refractivity contribution in [3.05, 3.63) is 47.0 Å². The summed E-state index contributed by atoms with van der Waals surface area (Å²) in [5, 5.41) is 6.11. The van der Waals surface area contributed by atoms with Crippen LogP contribution in [0.2, 0.25) is 0 Å². The van der Waals surface area contributed by atoms with Crippen LogP contribution >= 0.6 is 15.9 Å². The number of hydrogen-bond donors (Lipinski definition) is 2. The quantitative estimate of drug-likeness (QED) is 0.754. The lowest BCUT2D eigenvalue weighted by Gasteiger charge is -2.05. The lowest BCUT2D eigenvalue weighted by Crippen LogP contribution is -2.18. The maximum atomic E-state index is 12.0. The second-order valence-electron chi connectivity index (χ2n) is 4.70. The van der Waals surface area contributed by atoms with Crippen molar-refractivity contribution >= 4 is 27.5 Å². The summed E-state index contributed by atoms with van der Waals surface area (Å²) < 4.78 is 2.79. The van der Waals surface area contributed by atoms with Gasteiger partial charge in [0.05, 0.1) is 12.0 Å². The lowest BCUT2D eigenvalue weighted by atomic mass is 10.3. The minimum absolute atomic E-state index is 0.0621. The minimum atomic E-state index is -0.0621. The number of aromatic nitrogens is 2. The van der Waals surface area contributed by atoms with Crippen LogP contribution < -0.4 is 10.6 Å². The summed E-state index contributed by atoms with van der Waals surface area (Å²) in [6.45, 7) is 4.20. The fraction of sp³-hybridized carbons (Fsp3) is 0.333. The van der Waals surface area contributed by atoms with Gasteiger partial charge in [0.2, 0.25) is 5.91 Å². The highest BCUT2D eigenvalue weighted by Gasteiger charge is 2.05. The van der Waals surface area contributed by atoms with Gasteiger partial charge in [0.25, 0.3) is 0 Å². The Morgan fingerprint density at radius 2 is 2.10 bits per heavy atom. The van der Waals surface area contributed by atoms with Gasteiger partial charge in [0.1, 0.15) is 6.54 Å². The predicted molar refractivity (Wildman–Crippen MR) is 87.2 cm³/mol. The number of anilines is 1. The smallest absolute Gasteiger partial charge is 0.244 e. The molecule has 2 aromatic rings. The monoisotopic (exact) mass is 350 g/mol. The molecule has 1 aromatic carbocycles. The fourth-order valence-corrected chi connectivity index (χ4v) is 2.18. The Kier molecular flexibility index (Phi) is 5.95. The van der Waals surface area contributed by atoms with E-state index in [-0.39, 0.29) is 12.5 Å². The number of amides is 1. The number of halogens is 1. The molecule has 1 amide bonds. The van der Waals surface area contributed by atoms with E-state index in [2.05, 4.69) is 38.5 Å². The molecule has 0 unspecified atom stereocenters. The number of imidazole rings is 1. The molecule has 1 heterocycles. The number of rotatable bonds is 7. The maximum Gasteiger partial charge on any atom is 0.244 e. The van der Waals surface area contributed by atoms with E-state index < -0.39 is 0 Å². The summed E-state index contributed by atoms with van der Waals surface area (Å²) in [7, 11) is 0. The van der Waals surface area contributed by atoms with Gasteiger partial charge in [0.15, 0.2) is 0 Å². The van der Waals surface area contributed by atoms with Crippen molar-refractivity contribution in [2.75, 3.05) is 18.4 Å². The predicted octanol–water partition coefficient (Wildman–Crippen LogP) is 2.44. The minimum Gasteiger partial charge on any atom is -0.328 e. The summed E-state index contributed by atoms with van der Waals surface area (Å²) in [4.78, 5) is 16.2. The van der Waals surface area contributed by atoms with Crippen LogP contribution in [-0.2, 0) is 17.8 Å². The molecule has 21 heavy (non-hydrogen) atoms. The summed E-state index contributed by atoms with van der Waals surface area (Å²) in [6.07, 6.45) is 4.48. The van der Waals surface area contributed by atoms with Gasteiger partial charge < -0.3 is 15.2 Å². The third-order valence-corrected chi connectivity index (χ3v) is 3.48. The number of benzene rings is 1. The summed E-state index contributed by atoms with van der Waals surface area (Å²) >= 11 is 3.36. The van der Waals surface area contributed by atoms with E-state index in [1.54, 1.807) is 10.9 Å². The first-order valence-corrected chi connectivity index (χ1v) is 7.73. The summed E-state index contributed by atoms with van der Waals surface area (Å²) in [6, 6.07) is 7.51. The molecule has 0 spiro atoms. The molecule has 1 aromatic heterocycles. The molecule has 0 bridgehead atoms. The standard InChI is InChI=1S/C15H19BrN4O/c1-2-17-8-7-14-9-20(11-18-14)10-15(21)19-13-5-3-12(16)4-6-13/h3-6,9,11,17H,2,7-8,10H2,1H3,(H,19,21).